The minimum Gasteiger partial charge on any atom is -0.771 e. The highest BCUT2D eigenvalue weighted by atomic mass is 32.3. The second kappa shape index (κ2) is 11.7. The standard InChI is InChI=1S/C8H16N2OS3.C4H9NO2S2/c11-14(7-5-9-1-3-12-7)8-6-10-2-4-13-8;6-9(7)4-3-5-1-2-8-4/h7-10H,1-6H2;4-5H,1-3H2,(H,6,7)/p-1. The average Bonchev–Trinajstić information content (AvgIpc) is 2.64. The lowest BCUT2D eigenvalue weighted by Gasteiger charge is -2.28. The highest BCUT2D eigenvalue weighted by Crippen LogP contribution is 2.26. The number of hydrogen-bond acceptors (Lipinski definition) is 9. The van der Waals surface area contributed by atoms with E-state index in [0.29, 0.717) is 15.7 Å². The number of nitrogens with one attached hydrogen (secondary N) is 3. The summed E-state index contributed by atoms with van der Waals surface area (Å²) in [6.45, 7) is 5.48. The fourth-order valence-electron chi connectivity index (χ4n) is 2.22. The molecule has 4 atom stereocenters. The van der Waals surface area contributed by atoms with Gasteiger partial charge in [0, 0.05) is 56.5 Å². The first-order valence-electron chi connectivity index (χ1n) is 7.63. The van der Waals surface area contributed by atoms with Crippen LogP contribution in [0.5, 0.6) is 0 Å². The molecule has 3 aliphatic rings. The van der Waals surface area contributed by atoms with Gasteiger partial charge in [0.05, 0.1) is 24.5 Å². The van der Waals surface area contributed by atoms with Crippen LogP contribution in [0.15, 0.2) is 0 Å². The molecule has 0 aromatic heterocycles. The molecule has 0 amide bonds. The van der Waals surface area contributed by atoms with Gasteiger partial charge in [0.25, 0.3) is 0 Å². The van der Waals surface area contributed by atoms with Crippen molar-refractivity contribution in [2.24, 2.45) is 0 Å². The first-order chi connectivity index (χ1) is 11.2. The third kappa shape index (κ3) is 7.53. The quantitative estimate of drug-likeness (QED) is 0.529. The van der Waals surface area contributed by atoms with Gasteiger partial charge in [-0.05, 0) is 11.1 Å². The molecule has 0 spiro atoms. The maximum atomic E-state index is 12.1. The Balaban J connectivity index is 0.000000185. The molecule has 0 aromatic carbocycles. The molecule has 3 rings (SSSR count). The Labute approximate surface area is 156 Å². The van der Waals surface area contributed by atoms with Gasteiger partial charge in [-0.25, -0.2) is 0 Å². The number of rotatable bonds is 3. The summed E-state index contributed by atoms with van der Waals surface area (Å²) in [7, 11) is -0.692. The van der Waals surface area contributed by atoms with E-state index in [9.17, 15) is 13.0 Å². The lowest BCUT2D eigenvalue weighted by Crippen LogP contribution is -2.42. The smallest absolute Gasteiger partial charge is 0.0937 e. The minimum atomic E-state index is -1.90. The van der Waals surface area contributed by atoms with Crippen molar-refractivity contribution in [2.75, 3.05) is 56.5 Å². The van der Waals surface area contributed by atoms with Crippen LogP contribution in [0.25, 0.3) is 0 Å². The van der Waals surface area contributed by atoms with E-state index in [1.54, 1.807) is 0 Å². The van der Waals surface area contributed by atoms with Crippen LogP contribution in [0.3, 0.4) is 0 Å². The normalized spacial score (nSPS) is 34.7. The van der Waals surface area contributed by atoms with Gasteiger partial charge < -0.3 is 20.5 Å². The van der Waals surface area contributed by atoms with Gasteiger partial charge in [-0.2, -0.15) is 0 Å². The summed E-state index contributed by atoms with van der Waals surface area (Å²) in [5, 5.41) is 9.62. The van der Waals surface area contributed by atoms with Crippen LogP contribution in [0.4, 0.5) is 0 Å². The van der Waals surface area contributed by atoms with E-state index in [0.717, 1.165) is 50.0 Å². The third-order valence-corrected chi connectivity index (χ3v) is 11.1. The molecule has 3 fully saturated rings. The molecule has 23 heavy (non-hydrogen) atoms. The summed E-state index contributed by atoms with van der Waals surface area (Å²) >= 11 is 3.32. The molecule has 6 nitrogen and oxygen atoms in total. The van der Waals surface area contributed by atoms with E-state index in [1.165, 1.54) is 11.8 Å². The van der Waals surface area contributed by atoms with Crippen molar-refractivity contribution in [3.8, 4) is 0 Å². The van der Waals surface area contributed by atoms with Crippen LogP contribution in [-0.2, 0) is 21.9 Å². The largest absolute Gasteiger partial charge is 0.771 e. The first-order valence-corrected chi connectivity index (χ1v) is 13.2. The molecule has 0 aliphatic carbocycles. The Hall–Kier alpha value is 1.19. The van der Waals surface area contributed by atoms with E-state index < -0.39 is 21.9 Å². The Kier molecular flexibility index (Phi) is 10.5. The van der Waals surface area contributed by atoms with Crippen LogP contribution in [0.1, 0.15) is 0 Å². The maximum absolute atomic E-state index is 12.1. The van der Waals surface area contributed by atoms with Gasteiger partial charge in [-0.1, -0.05) is 0 Å². The highest BCUT2D eigenvalue weighted by Gasteiger charge is 2.28. The molecule has 11 heteroatoms. The van der Waals surface area contributed by atoms with Gasteiger partial charge in [-0.3, -0.25) is 8.42 Å². The summed E-state index contributed by atoms with van der Waals surface area (Å²) in [5.74, 6) is 3.10. The topological polar surface area (TPSA) is 93.3 Å². The molecule has 0 saturated carbocycles. The molecular weight excluding hydrogens is 394 g/mol. The van der Waals surface area contributed by atoms with Gasteiger partial charge in [0.2, 0.25) is 0 Å². The SMILES string of the molecule is O=S(C1CNCCS1)C1CNCCS1.O=S([O-])C1CNCCS1. The molecule has 3 heterocycles. The molecule has 0 radical (unpaired) electrons. The molecule has 0 aromatic rings. The van der Waals surface area contributed by atoms with E-state index >= 15 is 0 Å². The van der Waals surface area contributed by atoms with E-state index in [-0.39, 0.29) is 4.58 Å². The zero-order chi connectivity index (χ0) is 16.5. The summed E-state index contributed by atoms with van der Waals surface area (Å²) in [4.78, 5) is 0. The molecule has 136 valence electrons. The zero-order valence-electron chi connectivity index (χ0n) is 12.9. The Bertz CT molecular complexity index is 366. The lowest BCUT2D eigenvalue weighted by molar-refractivity contribution is 0.529. The number of hydrogen-bond donors (Lipinski definition) is 3. The fraction of sp³-hybridized carbons (Fsp3) is 1.00. The summed E-state index contributed by atoms with van der Waals surface area (Å²) < 4.78 is 33.1. The first kappa shape index (κ1) is 20.5. The van der Waals surface area contributed by atoms with Crippen molar-refractivity contribution < 1.29 is 13.0 Å². The van der Waals surface area contributed by atoms with E-state index in [1.807, 2.05) is 23.5 Å². The van der Waals surface area contributed by atoms with Crippen molar-refractivity contribution in [1.82, 2.24) is 16.0 Å². The fourth-order valence-corrected chi connectivity index (χ4v) is 9.05. The van der Waals surface area contributed by atoms with Gasteiger partial charge in [0.1, 0.15) is 0 Å². The minimum absolute atomic E-state index is 0.223. The van der Waals surface area contributed by atoms with Crippen LogP contribution in [-0.4, -0.2) is 83.2 Å². The average molecular weight is 419 g/mol. The monoisotopic (exact) mass is 418 g/mol. The third-order valence-electron chi connectivity index (χ3n) is 3.41. The Morgan fingerprint density at radius 3 is 1.39 bits per heavy atom. The molecule has 3 N–H and O–H groups in total. The van der Waals surface area contributed by atoms with Gasteiger partial charge in [-0.15, -0.1) is 35.3 Å². The molecule has 0 bridgehead atoms. The molecular formula is C12H24N3O3S5-. The Morgan fingerprint density at radius 2 is 1.13 bits per heavy atom. The summed E-state index contributed by atoms with van der Waals surface area (Å²) in [6.07, 6.45) is 0. The van der Waals surface area contributed by atoms with Crippen LogP contribution < -0.4 is 16.0 Å². The zero-order valence-corrected chi connectivity index (χ0v) is 16.9. The van der Waals surface area contributed by atoms with Crippen molar-refractivity contribution in [3.63, 3.8) is 0 Å². The van der Waals surface area contributed by atoms with Crippen LogP contribution >= 0.6 is 35.3 Å². The van der Waals surface area contributed by atoms with Crippen molar-refractivity contribution in [2.45, 2.75) is 13.7 Å². The molecule has 3 aliphatic heterocycles. The maximum Gasteiger partial charge on any atom is 0.0937 e. The second-order valence-electron chi connectivity index (χ2n) is 5.10. The lowest BCUT2D eigenvalue weighted by atomic mass is 10.6. The highest BCUT2D eigenvalue weighted by molar-refractivity contribution is 8.18. The van der Waals surface area contributed by atoms with Gasteiger partial charge >= 0.3 is 0 Å². The predicted molar refractivity (Wildman–Crippen MR) is 104 cm³/mol. The Morgan fingerprint density at radius 1 is 0.739 bits per heavy atom. The van der Waals surface area contributed by atoms with E-state index in [4.69, 9.17) is 0 Å². The number of thioether (sulfide) groups is 3. The van der Waals surface area contributed by atoms with E-state index in [2.05, 4.69) is 16.0 Å². The second-order valence-corrected chi connectivity index (χ2v) is 12.8. The van der Waals surface area contributed by atoms with Crippen molar-refractivity contribution in [3.05, 3.63) is 0 Å². The van der Waals surface area contributed by atoms with Crippen molar-refractivity contribution in [1.29, 1.82) is 0 Å². The van der Waals surface area contributed by atoms with Crippen LogP contribution in [0, 0.1) is 0 Å². The van der Waals surface area contributed by atoms with Gasteiger partial charge in [0.15, 0.2) is 0 Å². The van der Waals surface area contributed by atoms with Crippen molar-refractivity contribution >= 4 is 57.2 Å². The molecule has 3 saturated heterocycles. The summed E-state index contributed by atoms with van der Waals surface area (Å²) in [5.41, 5.74) is 0. The van der Waals surface area contributed by atoms with Crippen LogP contribution in [0.2, 0.25) is 0 Å². The predicted octanol–water partition coefficient (Wildman–Crippen LogP) is -0.412. The summed E-state index contributed by atoms with van der Waals surface area (Å²) in [6, 6.07) is 0. The molecule has 4 unspecified atom stereocenters.